The van der Waals surface area contributed by atoms with Crippen LogP contribution in [0.5, 0.6) is 0 Å². The first kappa shape index (κ1) is 13.1. The molecule has 18 heavy (non-hydrogen) atoms. The van der Waals surface area contributed by atoms with Crippen LogP contribution >= 0.6 is 11.3 Å². The number of carbonyl (C=O) groups is 2. The molecule has 0 atom stereocenters. The number of esters is 1. The van der Waals surface area contributed by atoms with E-state index in [1.54, 1.807) is 6.92 Å². The molecule has 0 radical (unpaired) electrons. The van der Waals surface area contributed by atoms with Gasteiger partial charge in [-0.2, -0.15) is 0 Å². The summed E-state index contributed by atoms with van der Waals surface area (Å²) >= 11 is 1.22. The molecule has 0 bridgehead atoms. The van der Waals surface area contributed by atoms with Crippen LogP contribution < -0.4 is 5.73 Å². The minimum absolute atomic E-state index is 0.138. The number of nitrogen functional groups attached to an aromatic ring is 1. The highest BCUT2D eigenvalue weighted by Crippen LogP contribution is 2.39. The van der Waals surface area contributed by atoms with Crippen LogP contribution in [-0.4, -0.2) is 18.4 Å². The summed E-state index contributed by atoms with van der Waals surface area (Å²) in [4.78, 5) is 24.6. The third kappa shape index (κ3) is 2.27. The van der Waals surface area contributed by atoms with E-state index in [1.807, 2.05) is 6.92 Å². The average Bonchev–Trinajstić information content (AvgIpc) is 3.12. The molecule has 4 nitrogen and oxygen atoms in total. The zero-order valence-electron chi connectivity index (χ0n) is 10.6. The fraction of sp³-hybridized carbons (Fsp3) is 0.538. The maximum absolute atomic E-state index is 12.1. The van der Waals surface area contributed by atoms with Crippen molar-refractivity contribution < 1.29 is 14.3 Å². The SMILES string of the molecule is CCOC(=O)c1c(N)sc(C(=O)C2CC2)c1CC. The predicted octanol–water partition coefficient (Wildman–Crippen LogP) is 2.66. The van der Waals surface area contributed by atoms with Gasteiger partial charge in [-0.1, -0.05) is 6.92 Å². The number of hydrogen-bond acceptors (Lipinski definition) is 5. The van der Waals surface area contributed by atoms with E-state index in [-0.39, 0.29) is 11.7 Å². The Morgan fingerprint density at radius 2 is 2.06 bits per heavy atom. The van der Waals surface area contributed by atoms with Gasteiger partial charge in [-0.15, -0.1) is 11.3 Å². The van der Waals surface area contributed by atoms with Crippen LogP contribution in [0.3, 0.4) is 0 Å². The van der Waals surface area contributed by atoms with Crippen molar-refractivity contribution in [2.24, 2.45) is 5.92 Å². The number of ether oxygens (including phenoxy) is 1. The molecule has 0 saturated heterocycles. The van der Waals surface area contributed by atoms with Crippen molar-refractivity contribution in [3.8, 4) is 0 Å². The van der Waals surface area contributed by atoms with Crippen molar-refractivity contribution in [2.75, 3.05) is 12.3 Å². The molecule has 0 amide bonds. The molecule has 0 spiro atoms. The number of anilines is 1. The molecule has 2 N–H and O–H groups in total. The highest BCUT2D eigenvalue weighted by atomic mass is 32.1. The Bertz CT molecular complexity index is 489. The topological polar surface area (TPSA) is 69.4 Å². The van der Waals surface area contributed by atoms with Crippen LogP contribution in [0, 0.1) is 5.92 Å². The fourth-order valence-corrected chi connectivity index (χ4v) is 3.14. The fourth-order valence-electron chi connectivity index (χ4n) is 1.98. The van der Waals surface area contributed by atoms with Crippen molar-refractivity contribution in [3.63, 3.8) is 0 Å². The van der Waals surface area contributed by atoms with E-state index in [9.17, 15) is 9.59 Å². The van der Waals surface area contributed by atoms with Gasteiger partial charge in [0, 0.05) is 5.92 Å². The van der Waals surface area contributed by atoms with Crippen molar-refractivity contribution in [2.45, 2.75) is 33.1 Å². The second-order valence-electron chi connectivity index (χ2n) is 4.36. The van der Waals surface area contributed by atoms with Gasteiger partial charge in [-0.05, 0) is 31.7 Å². The highest BCUT2D eigenvalue weighted by molar-refractivity contribution is 7.18. The summed E-state index contributed by atoms with van der Waals surface area (Å²) in [5.41, 5.74) is 7.03. The molecule has 1 fully saturated rings. The number of nitrogens with two attached hydrogens (primary N) is 1. The first-order chi connectivity index (χ1) is 8.60. The van der Waals surface area contributed by atoms with Crippen molar-refractivity contribution in [3.05, 3.63) is 16.0 Å². The summed E-state index contributed by atoms with van der Waals surface area (Å²) in [5.74, 6) is -0.138. The van der Waals surface area contributed by atoms with E-state index in [2.05, 4.69) is 0 Å². The molecule has 1 aromatic heterocycles. The summed E-state index contributed by atoms with van der Waals surface area (Å²) in [5, 5.41) is 0.397. The van der Waals surface area contributed by atoms with E-state index in [1.165, 1.54) is 11.3 Å². The largest absolute Gasteiger partial charge is 0.462 e. The summed E-state index contributed by atoms with van der Waals surface area (Å²) in [6.07, 6.45) is 2.53. The molecule has 1 saturated carbocycles. The summed E-state index contributed by atoms with van der Waals surface area (Å²) in [7, 11) is 0. The molecule has 0 aromatic carbocycles. The zero-order chi connectivity index (χ0) is 13.3. The van der Waals surface area contributed by atoms with Crippen LogP contribution in [0.4, 0.5) is 5.00 Å². The molecular weight excluding hydrogens is 250 g/mol. The Hall–Kier alpha value is -1.36. The molecule has 0 unspecified atom stereocenters. The van der Waals surface area contributed by atoms with Gasteiger partial charge < -0.3 is 10.5 Å². The van der Waals surface area contributed by atoms with Gasteiger partial charge in [-0.25, -0.2) is 4.79 Å². The van der Waals surface area contributed by atoms with Gasteiger partial charge in [0.05, 0.1) is 17.0 Å². The smallest absolute Gasteiger partial charge is 0.341 e. The molecule has 1 aliphatic rings. The molecule has 98 valence electrons. The van der Waals surface area contributed by atoms with Crippen molar-refractivity contribution >= 4 is 28.1 Å². The van der Waals surface area contributed by atoms with Crippen molar-refractivity contribution in [1.29, 1.82) is 0 Å². The Morgan fingerprint density at radius 3 is 2.56 bits per heavy atom. The Labute approximate surface area is 110 Å². The van der Waals surface area contributed by atoms with Gasteiger partial charge >= 0.3 is 5.97 Å². The molecule has 0 aliphatic heterocycles. The van der Waals surface area contributed by atoms with Crippen LogP contribution in [0.2, 0.25) is 0 Å². The Morgan fingerprint density at radius 1 is 1.39 bits per heavy atom. The maximum atomic E-state index is 12.1. The Kier molecular flexibility index (Phi) is 3.71. The average molecular weight is 267 g/mol. The minimum Gasteiger partial charge on any atom is -0.462 e. The van der Waals surface area contributed by atoms with Crippen LogP contribution in [-0.2, 0) is 11.2 Å². The number of hydrogen-bond donors (Lipinski definition) is 1. The molecule has 5 heteroatoms. The normalized spacial score (nSPS) is 14.6. The van der Waals surface area contributed by atoms with Gasteiger partial charge in [0.25, 0.3) is 0 Å². The molecule has 2 rings (SSSR count). The van der Waals surface area contributed by atoms with Crippen molar-refractivity contribution in [1.82, 2.24) is 0 Å². The predicted molar refractivity (Wildman–Crippen MR) is 71.1 cm³/mol. The van der Waals surface area contributed by atoms with Gasteiger partial charge in [0.2, 0.25) is 0 Å². The number of carbonyl (C=O) groups excluding carboxylic acids is 2. The lowest BCUT2D eigenvalue weighted by Gasteiger charge is -2.04. The molecular formula is C13H17NO3S. The number of Topliss-reactive ketones (excluding diaryl/α,β-unsaturated/α-hetero) is 1. The first-order valence-corrected chi connectivity index (χ1v) is 7.04. The standard InChI is InChI=1S/C13H17NO3S/c1-3-8-9(13(16)17-4-2)12(14)18-11(8)10(15)7-5-6-7/h7H,3-6,14H2,1-2H3. The van der Waals surface area contributed by atoms with Crippen LogP contribution in [0.1, 0.15) is 52.3 Å². The summed E-state index contributed by atoms with van der Waals surface area (Å²) < 4.78 is 5.00. The monoisotopic (exact) mass is 267 g/mol. The third-order valence-corrected chi connectivity index (χ3v) is 4.12. The Balaban J connectivity index is 2.40. The van der Waals surface area contributed by atoms with Gasteiger partial charge in [0.1, 0.15) is 5.00 Å². The van der Waals surface area contributed by atoms with E-state index >= 15 is 0 Å². The quantitative estimate of drug-likeness (QED) is 0.657. The zero-order valence-corrected chi connectivity index (χ0v) is 11.4. The first-order valence-electron chi connectivity index (χ1n) is 6.22. The van der Waals surface area contributed by atoms with E-state index in [4.69, 9.17) is 10.5 Å². The number of thiophene rings is 1. The second kappa shape index (κ2) is 5.10. The van der Waals surface area contributed by atoms with E-state index in [0.29, 0.717) is 28.5 Å². The van der Waals surface area contributed by atoms with Gasteiger partial charge in [0.15, 0.2) is 5.78 Å². The minimum atomic E-state index is -0.419. The highest BCUT2D eigenvalue weighted by Gasteiger charge is 2.35. The number of rotatable bonds is 5. The molecule has 1 aliphatic carbocycles. The number of ketones is 1. The molecule has 1 aromatic rings. The van der Waals surface area contributed by atoms with Gasteiger partial charge in [-0.3, -0.25) is 4.79 Å². The third-order valence-electron chi connectivity index (χ3n) is 3.04. The second-order valence-corrected chi connectivity index (χ2v) is 5.41. The summed E-state index contributed by atoms with van der Waals surface area (Å²) in [6.45, 7) is 3.99. The summed E-state index contributed by atoms with van der Waals surface area (Å²) in [6, 6.07) is 0. The van der Waals surface area contributed by atoms with E-state index in [0.717, 1.165) is 18.4 Å². The van der Waals surface area contributed by atoms with Crippen LogP contribution in [0.15, 0.2) is 0 Å². The van der Waals surface area contributed by atoms with E-state index < -0.39 is 5.97 Å². The lowest BCUT2D eigenvalue weighted by atomic mass is 10.0. The molecule has 1 heterocycles. The maximum Gasteiger partial charge on any atom is 0.341 e. The lowest BCUT2D eigenvalue weighted by Crippen LogP contribution is -2.10. The lowest BCUT2D eigenvalue weighted by molar-refractivity contribution is 0.0527. The van der Waals surface area contributed by atoms with Crippen LogP contribution in [0.25, 0.3) is 0 Å².